The summed E-state index contributed by atoms with van der Waals surface area (Å²) in [7, 11) is 0. The summed E-state index contributed by atoms with van der Waals surface area (Å²) >= 11 is 0. The van der Waals surface area contributed by atoms with Gasteiger partial charge in [-0.2, -0.15) is 0 Å². The van der Waals surface area contributed by atoms with Gasteiger partial charge in [-0.3, -0.25) is 9.79 Å². The van der Waals surface area contributed by atoms with Crippen molar-refractivity contribution in [3.63, 3.8) is 0 Å². The smallest absolute Gasteiger partial charge is 0.169 e. The lowest BCUT2D eigenvalue weighted by atomic mass is 9.72. The number of aliphatic imine (C=N–C) groups is 1. The maximum Gasteiger partial charge on any atom is 0.169 e. The van der Waals surface area contributed by atoms with Gasteiger partial charge < -0.3 is 0 Å². The van der Waals surface area contributed by atoms with Crippen LogP contribution in [0.3, 0.4) is 0 Å². The van der Waals surface area contributed by atoms with E-state index in [1.165, 1.54) is 0 Å². The average Bonchev–Trinajstić information content (AvgIpc) is 2.27. The number of unbranched alkanes of at least 4 members (excludes halogenated alkanes) is 1. The zero-order chi connectivity index (χ0) is 15.7. The predicted molar refractivity (Wildman–Crippen MR) is 87.1 cm³/mol. The molecule has 0 aromatic carbocycles. The molecule has 0 aliphatic carbocycles. The van der Waals surface area contributed by atoms with Gasteiger partial charge in [-0.25, -0.2) is 0 Å². The monoisotopic (exact) mass is 277 g/mol. The Hall–Kier alpha value is -0.920. The topological polar surface area (TPSA) is 29.4 Å². The molecule has 0 aromatic heterocycles. The lowest BCUT2D eigenvalue weighted by Gasteiger charge is -2.35. The number of hydrogen-bond donors (Lipinski definition) is 0. The van der Waals surface area contributed by atoms with Gasteiger partial charge in [0.1, 0.15) is 0 Å². The summed E-state index contributed by atoms with van der Waals surface area (Å²) in [6.07, 6.45) is 3.19. The quantitative estimate of drug-likeness (QED) is 0.698. The molecule has 0 radical (unpaired) electrons. The molecule has 0 fully saturated rings. The minimum absolute atomic E-state index is 0.0538. The molecule has 0 saturated carbocycles. The van der Waals surface area contributed by atoms with Crippen LogP contribution in [-0.2, 0) is 4.79 Å². The Morgan fingerprint density at radius 1 is 1.05 bits per heavy atom. The molecule has 1 atom stereocenters. The van der Waals surface area contributed by atoms with E-state index >= 15 is 0 Å². The summed E-state index contributed by atoms with van der Waals surface area (Å²) in [6, 6.07) is 0. The molecular formula is C18H31NO. The molecule has 2 heteroatoms. The minimum Gasteiger partial charge on any atom is -0.294 e. The minimum atomic E-state index is -0.145. The molecule has 114 valence electrons. The Bertz CT molecular complexity index is 441. The molecule has 0 amide bonds. The van der Waals surface area contributed by atoms with Crippen molar-refractivity contribution >= 4 is 11.5 Å². The Morgan fingerprint density at radius 3 is 2.00 bits per heavy atom. The van der Waals surface area contributed by atoms with Gasteiger partial charge in [0, 0.05) is 16.7 Å². The largest absolute Gasteiger partial charge is 0.294 e. The van der Waals surface area contributed by atoms with Crippen molar-refractivity contribution in [2.75, 3.05) is 0 Å². The summed E-state index contributed by atoms with van der Waals surface area (Å²) in [4.78, 5) is 17.8. The molecule has 0 N–H and O–H groups in total. The Labute approximate surface area is 124 Å². The van der Waals surface area contributed by atoms with Crippen LogP contribution in [0.2, 0.25) is 0 Å². The van der Waals surface area contributed by atoms with Crippen LogP contribution in [0.25, 0.3) is 0 Å². The Balaban J connectivity index is 3.41. The molecule has 20 heavy (non-hydrogen) atoms. The molecule has 0 spiro atoms. The van der Waals surface area contributed by atoms with E-state index in [0.717, 1.165) is 36.2 Å². The van der Waals surface area contributed by atoms with Crippen LogP contribution in [0.1, 0.15) is 74.7 Å². The van der Waals surface area contributed by atoms with Crippen molar-refractivity contribution in [3.05, 3.63) is 11.3 Å². The normalized spacial score (nSPS) is 21.3. The van der Waals surface area contributed by atoms with E-state index in [1.807, 2.05) is 6.92 Å². The number of hydrogen-bond acceptors (Lipinski definition) is 2. The fourth-order valence-corrected chi connectivity index (χ4v) is 2.68. The molecule has 1 aliphatic rings. The van der Waals surface area contributed by atoms with Crippen molar-refractivity contribution in [3.8, 4) is 0 Å². The first-order chi connectivity index (χ1) is 9.00. The molecular weight excluding hydrogens is 246 g/mol. The van der Waals surface area contributed by atoms with E-state index < -0.39 is 0 Å². The highest BCUT2D eigenvalue weighted by Crippen LogP contribution is 2.42. The number of rotatable bonds is 3. The molecule has 0 aromatic rings. The third-order valence-corrected chi connectivity index (χ3v) is 3.88. The predicted octanol–water partition coefficient (Wildman–Crippen LogP) is 5.18. The van der Waals surface area contributed by atoms with E-state index in [4.69, 9.17) is 4.99 Å². The van der Waals surface area contributed by atoms with Crippen molar-refractivity contribution in [1.82, 2.24) is 0 Å². The molecule has 2 nitrogen and oxygen atoms in total. The van der Waals surface area contributed by atoms with Gasteiger partial charge in [-0.15, -0.1) is 0 Å². The highest BCUT2D eigenvalue weighted by Gasteiger charge is 2.38. The van der Waals surface area contributed by atoms with Crippen LogP contribution < -0.4 is 0 Å². The van der Waals surface area contributed by atoms with Crippen LogP contribution in [0.4, 0.5) is 0 Å². The standard InChI is InChI=1S/C18H31NO/c1-9-10-11-13-12(2)15(20)14(17(3,4)5)16(19-13)18(6,7)8/h12H,9-11H2,1-8H3. The third-order valence-electron chi connectivity index (χ3n) is 3.88. The zero-order valence-electron chi connectivity index (χ0n) is 14.6. The van der Waals surface area contributed by atoms with Crippen molar-refractivity contribution in [2.45, 2.75) is 74.7 Å². The fraction of sp³-hybridized carbons (Fsp3) is 0.778. The van der Waals surface area contributed by atoms with Gasteiger partial charge in [0.2, 0.25) is 0 Å². The molecule has 1 aliphatic heterocycles. The number of carbonyl (C=O) groups excluding carboxylic acids is 1. The zero-order valence-corrected chi connectivity index (χ0v) is 14.6. The number of allylic oxidation sites excluding steroid dienone is 2. The summed E-state index contributed by atoms with van der Waals surface area (Å²) in [6.45, 7) is 17.0. The number of Topliss-reactive ketones (excluding diaryl/α,β-unsaturated/α-hetero) is 1. The van der Waals surface area contributed by atoms with Gasteiger partial charge >= 0.3 is 0 Å². The van der Waals surface area contributed by atoms with E-state index in [-0.39, 0.29) is 22.5 Å². The Morgan fingerprint density at radius 2 is 1.60 bits per heavy atom. The van der Waals surface area contributed by atoms with E-state index in [9.17, 15) is 4.79 Å². The second-order valence-electron chi connectivity index (χ2n) is 8.02. The van der Waals surface area contributed by atoms with Crippen LogP contribution in [0.15, 0.2) is 16.3 Å². The summed E-state index contributed by atoms with van der Waals surface area (Å²) < 4.78 is 0. The van der Waals surface area contributed by atoms with Gasteiger partial charge in [0.05, 0.1) is 11.6 Å². The molecule has 1 unspecified atom stereocenters. The van der Waals surface area contributed by atoms with Crippen LogP contribution in [0, 0.1) is 16.7 Å². The second-order valence-corrected chi connectivity index (χ2v) is 8.02. The lowest BCUT2D eigenvalue weighted by Crippen LogP contribution is -2.35. The average molecular weight is 277 g/mol. The van der Waals surface area contributed by atoms with Gasteiger partial charge in [-0.05, 0) is 25.2 Å². The van der Waals surface area contributed by atoms with Crippen LogP contribution >= 0.6 is 0 Å². The first kappa shape index (κ1) is 17.1. The van der Waals surface area contributed by atoms with Crippen LogP contribution in [0.5, 0.6) is 0 Å². The van der Waals surface area contributed by atoms with Crippen molar-refractivity contribution in [1.29, 1.82) is 0 Å². The number of ketones is 1. The summed E-state index contributed by atoms with van der Waals surface area (Å²) in [5, 5.41) is 0. The summed E-state index contributed by atoms with van der Waals surface area (Å²) in [5.74, 6) is 0.227. The van der Waals surface area contributed by atoms with E-state index in [2.05, 4.69) is 48.5 Å². The second kappa shape index (κ2) is 5.83. The van der Waals surface area contributed by atoms with Crippen molar-refractivity contribution < 1.29 is 4.79 Å². The Kier molecular flexibility index (Phi) is 4.99. The third kappa shape index (κ3) is 3.59. The molecule has 1 heterocycles. The highest BCUT2D eigenvalue weighted by molar-refractivity contribution is 6.15. The van der Waals surface area contributed by atoms with Crippen LogP contribution in [-0.4, -0.2) is 11.5 Å². The lowest BCUT2D eigenvalue weighted by molar-refractivity contribution is -0.118. The van der Waals surface area contributed by atoms with Gasteiger partial charge in [0.25, 0.3) is 0 Å². The molecule has 1 rings (SSSR count). The molecule has 0 bridgehead atoms. The maximum atomic E-state index is 12.9. The van der Waals surface area contributed by atoms with E-state index in [0.29, 0.717) is 0 Å². The highest BCUT2D eigenvalue weighted by atomic mass is 16.1. The number of nitrogens with zero attached hydrogens (tertiary/aromatic N) is 1. The SMILES string of the molecule is CCCCC1=NC(C(C)(C)C)=C(C(C)(C)C)C(=O)C1C. The summed E-state index contributed by atoms with van der Waals surface area (Å²) in [5.41, 5.74) is 2.77. The van der Waals surface area contributed by atoms with Crippen molar-refractivity contribution in [2.24, 2.45) is 21.7 Å². The van der Waals surface area contributed by atoms with E-state index in [1.54, 1.807) is 0 Å². The molecule has 0 saturated heterocycles. The maximum absolute atomic E-state index is 12.9. The van der Waals surface area contributed by atoms with Gasteiger partial charge in [-0.1, -0.05) is 54.9 Å². The van der Waals surface area contributed by atoms with Gasteiger partial charge in [0.15, 0.2) is 5.78 Å². The number of carbonyl (C=O) groups is 1. The first-order valence-corrected chi connectivity index (χ1v) is 7.87. The fourth-order valence-electron chi connectivity index (χ4n) is 2.68. The first-order valence-electron chi connectivity index (χ1n) is 7.87.